The highest BCUT2D eigenvalue weighted by Gasteiger charge is 2.20. The maximum absolute atomic E-state index is 14.2. The van der Waals surface area contributed by atoms with Crippen molar-refractivity contribution in [3.63, 3.8) is 0 Å². The van der Waals surface area contributed by atoms with E-state index >= 15 is 0 Å². The number of nitrogens with zero attached hydrogens (tertiary/aromatic N) is 1. The Kier molecular flexibility index (Phi) is 4.40. The van der Waals surface area contributed by atoms with Crippen molar-refractivity contribution < 1.29 is 4.39 Å². The first-order chi connectivity index (χ1) is 8.96. The Morgan fingerprint density at radius 3 is 2.74 bits per heavy atom. The highest BCUT2D eigenvalue weighted by atomic mass is 19.1. The molecule has 0 aromatic carbocycles. The van der Waals surface area contributed by atoms with E-state index in [9.17, 15) is 4.39 Å². The van der Waals surface area contributed by atoms with Crippen molar-refractivity contribution in [2.75, 3.05) is 11.9 Å². The molecule has 0 radical (unpaired) electrons. The van der Waals surface area contributed by atoms with E-state index in [2.05, 4.69) is 36.4 Å². The molecule has 0 spiro atoms. The number of anilines is 1. The van der Waals surface area contributed by atoms with Crippen molar-refractivity contribution in [1.29, 1.82) is 0 Å². The average molecular weight is 265 g/mol. The molecule has 1 aromatic rings. The Labute approximate surface area is 115 Å². The Bertz CT molecular complexity index is 422. The number of aromatic nitrogens is 1. The summed E-state index contributed by atoms with van der Waals surface area (Å²) < 4.78 is 14.2. The molecular weight excluding hydrogens is 241 g/mol. The average Bonchev–Trinajstić information content (AvgIpc) is 3.13. The van der Waals surface area contributed by atoms with Crippen LogP contribution in [0.5, 0.6) is 0 Å². The second kappa shape index (κ2) is 5.87. The molecule has 1 aliphatic carbocycles. The van der Waals surface area contributed by atoms with E-state index in [1.165, 1.54) is 12.8 Å². The van der Waals surface area contributed by atoms with Gasteiger partial charge in [0.05, 0.1) is 0 Å². The summed E-state index contributed by atoms with van der Waals surface area (Å²) >= 11 is 0. The summed E-state index contributed by atoms with van der Waals surface area (Å²) in [7, 11) is 0. The van der Waals surface area contributed by atoms with Crippen molar-refractivity contribution in [2.45, 2.75) is 52.1 Å². The van der Waals surface area contributed by atoms with Crippen LogP contribution in [0.2, 0.25) is 0 Å². The molecule has 0 saturated heterocycles. The molecule has 19 heavy (non-hydrogen) atoms. The van der Waals surface area contributed by atoms with E-state index in [1.54, 1.807) is 12.3 Å². The first-order valence-corrected chi connectivity index (χ1v) is 7.08. The molecular formula is C15H24FN3. The molecule has 106 valence electrons. The molecule has 1 aliphatic rings. The van der Waals surface area contributed by atoms with Gasteiger partial charge in [-0.2, -0.15) is 0 Å². The lowest BCUT2D eigenvalue weighted by Crippen LogP contribution is -2.35. The summed E-state index contributed by atoms with van der Waals surface area (Å²) in [5.41, 5.74) is 0.647. The van der Waals surface area contributed by atoms with Gasteiger partial charge < -0.3 is 10.6 Å². The molecule has 0 atom stereocenters. The van der Waals surface area contributed by atoms with Crippen LogP contribution < -0.4 is 10.6 Å². The largest absolute Gasteiger partial charge is 0.368 e. The number of rotatable bonds is 6. The summed E-state index contributed by atoms with van der Waals surface area (Å²) in [4.78, 5) is 4.09. The summed E-state index contributed by atoms with van der Waals surface area (Å²) in [5.74, 6) is 1.00. The van der Waals surface area contributed by atoms with E-state index in [0.717, 1.165) is 18.9 Å². The van der Waals surface area contributed by atoms with Gasteiger partial charge in [0.15, 0.2) is 11.6 Å². The van der Waals surface area contributed by atoms with Gasteiger partial charge in [-0.15, -0.1) is 0 Å². The minimum absolute atomic E-state index is 0.0186. The molecule has 2 rings (SSSR count). The topological polar surface area (TPSA) is 37.0 Å². The third kappa shape index (κ3) is 4.78. The van der Waals surface area contributed by atoms with Crippen LogP contribution in [0.15, 0.2) is 12.3 Å². The molecule has 2 N–H and O–H groups in total. The number of hydrogen-bond donors (Lipinski definition) is 2. The summed E-state index contributed by atoms with van der Waals surface area (Å²) in [5, 5.41) is 6.40. The Morgan fingerprint density at radius 1 is 1.37 bits per heavy atom. The van der Waals surface area contributed by atoms with Gasteiger partial charge in [0.25, 0.3) is 0 Å². The van der Waals surface area contributed by atoms with Crippen molar-refractivity contribution in [3.05, 3.63) is 23.6 Å². The van der Waals surface area contributed by atoms with Crippen molar-refractivity contribution in [3.8, 4) is 0 Å². The van der Waals surface area contributed by atoms with E-state index in [0.29, 0.717) is 17.9 Å². The minimum atomic E-state index is -0.227. The fraction of sp³-hybridized carbons (Fsp3) is 0.667. The zero-order valence-corrected chi connectivity index (χ0v) is 12.1. The molecule has 1 fully saturated rings. The van der Waals surface area contributed by atoms with Gasteiger partial charge in [-0.25, -0.2) is 9.37 Å². The number of nitrogens with one attached hydrogen (secondary N) is 2. The standard InChI is InChI=1S/C15H24FN3/c1-15(2,3)19-10-12-7-9-18-14(13(12)16)17-8-6-11-4-5-11/h7,9,11,19H,4-6,8,10H2,1-3H3,(H,17,18). The fourth-order valence-electron chi connectivity index (χ4n) is 1.91. The summed E-state index contributed by atoms with van der Waals surface area (Å²) in [6.07, 6.45) is 5.44. The maximum atomic E-state index is 14.2. The van der Waals surface area contributed by atoms with E-state index in [-0.39, 0.29) is 11.4 Å². The van der Waals surface area contributed by atoms with Gasteiger partial charge in [0.1, 0.15) is 0 Å². The molecule has 1 aromatic heterocycles. The Balaban J connectivity index is 1.91. The SMILES string of the molecule is CC(C)(C)NCc1ccnc(NCCC2CC2)c1F. The second-order valence-electron chi connectivity index (χ2n) is 6.40. The van der Waals surface area contributed by atoms with Crippen LogP contribution in [0.25, 0.3) is 0 Å². The van der Waals surface area contributed by atoms with E-state index < -0.39 is 0 Å². The number of hydrogen-bond acceptors (Lipinski definition) is 3. The van der Waals surface area contributed by atoms with Gasteiger partial charge >= 0.3 is 0 Å². The van der Waals surface area contributed by atoms with Gasteiger partial charge in [-0.3, -0.25) is 0 Å². The highest BCUT2D eigenvalue weighted by Crippen LogP contribution is 2.32. The van der Waals surface area contributed by atoms with Crippen molar-refractivity contribution >= 4 is 5.82 Å². The van der Waals surface area contributed by atoms with Crippen LogP contribution in [0, 0.1) is 11.7 Å². The first kappa shape index (κ1) is 14.3. The second-order valence-corrected chi connectivity index (χ2v) is 6.40. The molecule has 1 saturated carbocycles. The highest BCUT2D eigenvalue weighted by molar-refractivity contribution is 5.39. The molecule has 0 amide bonds. The third-order valence-electron chi connectivity index (χ3n) is 3.32. The predicted octanol–water partition coefficient (Wildman–Crippen LogP) is 3.32. The normalized spacial score (nSPS) is 15.6. The molecule has 0 aliphatic heterocycles. The van der Waals surface area contributed by atoms with Gasteiger partial charge in [0.2, 0.25) is 0 Å². The monoisotopic (exact) mass is 265 g/mol. The fourth-order valence-corrected chi connectivity index (χ4v) is 1.91. The lowest BCUT2D eigenvalue weighted by molar-refractivity contribution is 0.418. The minimum Gasteiger partial charge on any atom is -0.368 e. The van der Waals surface area contributed by atoms with Gasteiger partial charge in [0, 0.05) is 30.4 Å². The van der Waals surface area contributed by atoms with Crippen LogP contribution in [0.3, 0.4) is 0 Å². The number of pyridine rings is 1. The van der Waals surface area contributed by atoms with E-state index in [4.69, 9.17) is 0 Å². The van der Waals surface area contributed by atoms with Crippen LogP contribution in [0.4, 0.5) is 10.2 Å². The van der Waals surface area contributed by atoms with E-state index in [1.807, 2.05) is 0 Å². The third-order valence-corrected chi connectivity index (χ3v) is 3.32. The van der Waals surface area contributed by atoms with Crippen LogP contribution in [0.1, 0.15) is 45.6 Å². The summed E-state index contributed by atoms with van der Waals surface area (Å²) in [6.45, 7) is 7.54. The smallest absolute Gasteiger partial charge is 0.169 e. The zero-order chi connectivity index (χ0) is 13.9. The Hall–Kier alpha value is -1.16. The lowest BCUT2D eigenvalue weighted by Gasteiger charge is -2.21. The van der Waals surface area contributed by atoms with Crippen molar-refractivity contribution in [2.24, 2.45) is 5.92 Å². The zero-order valence-electron chi connectivity index (χ0n) is 12.1. The Morgan fingerprint density at radius 2 is 2.11 bits per heavy atom. The van der Waals surface area contributed by atoms with Crippen LogP contribution in [-0.4, -0.2) is 17.1 Å². The predicted molar refractivity (Wildman–Crippen MR) is 76.6 cm³/mol. The number of halogens is 1. The quantitative estimate of drug-likeness (QED) is 0.828. The van der Waals surface area contributed by atoms with Crippen molar-refractivity contribution in [1.82, 2.24) is 10.3 Å². The molecule has 4 heteroatoms. The molecule has 3 nitrogen and oxygen atoms in total. The first-order valence-electron chi connectivity index (χ1n) is 7.08. The lowest BCUT2D eigenvalue weighted by atomic mass is 10.1. The molecule has 1 heterocycles. The molecule has 0 bridgehead atoms. The molecule has 0 unspecified atom stereocenters. The van der Waals surface area contributed by atoms with Gasteiger partial charge in [-0.05, 0) is 39.2 Å². The summed E-state index contributed by atoms with van der Waals surface area (Å²) in [6, 6.07) is 1.74. The van der Waals surface area contributed by atoms with Crippen LogP contribution >= 0.6 is 0 Å². The van der Waals surface area contributed by atoms with Gasteiger partial charge in [-0.1, -0.05) is 12.8 Å². The maximum Gasteiger partial charge on any atom is 0.169 e. The van der Waals surface area contributed by atoms with Crippen LogP contribution in [-0.2, 0) is 6.54 Å².